The van der Waals surface area contributed by atoms with Gasteiger partial charge < -0.3 is 15.4 Å². The van der Waals surface area contributed by atoms with Crippen LogP contribution in [0, 0.1) is 11.3 Å². The van der Waals surface area contributed by atoms with Crippen molar-refractivity contribution in [3.05, 3.63) is 58.6 Å². The minimum atomic E-state index is -0.723. The molecule has 0 bridgehead atoms. The first-order chi connectivity index (χ1) is 12.4. The topological polar surface area (TPSA) is 108 Å². The molecule has 2 rings (SSSR count). The standard InChI is InChI=1S/C18H14ClN3O4/c1-11(23)21-15-4-2-3-12(7-15)18(25)26-10-17(24)22-16-8-14(19)6-5-13(16)9-20/h2-8H,10H2,1H3,(H,21,23)(H,22,24). The summed E-state index contributed by atoms with van der Waals surface area (Å²) in [6, 6.07) is 12.5. The number of esters is 1. The summed E-state index contributed by atoms with van der Waals surface area (Å²) in [6.45, 7) is 0.807. The fourth-order valence-corrected chi connectivity index (χ4v) is 2.22. The lowest BCUT2D eigenvalue weighted by atomic mass is 10.2. The summed E-state index contributed by atoms with van der Waals surface area (Å²) < 4.78 is 4.95. The summed E-state index contributed by atoms with van der Waals surface area (Å²) in [5.74, 6) is -1.61. The fourth-order valence-electron chi connectivity index (χ4n) is 2.05. The second-order valence-electron chi connectivity index (χ2n) is 5.19. The minimum absolute atomic E-state index is 0.185. The zero-order chi connectivity index (χ0) is 19.1. The van der Waals surface area contributed by atoms with Crippen LogP contribution in [-0.2, 0) is 14.3 Å². The zero-order valence-electron chi connectivity index (χ0n) is 13.7. The lowest BCUT2D eigenvalue weighted by molar-refractivity contribution is -0.119. The first-order valence-corrected chi connectivity index (χ1v) is 7.81. The molecule has 8 heteroatoms. The van der Waals surface area contributed by atoms with Crippen LogP contribution in [0.3, 0.4) is 0 Å². The van der Waals surface area contributed by atoms with E-state index in [-0.39, 0.29) is 22.7 Å². The molecule has 0 aliphatic carbocycles. The maximum atomic E-state index is 12.0. The molecule has 0 atom stereocenters. The Morgan fingerprint density at radius 1 is 1.15 bits per heavy atom. The molecule has 0 unspecified atom stereocenters. The van der Waals surface area contributed by atoms with Crippen molar-refractivity contribution in [2.45, 2.75) is 6.92 Å². The van der Waals surface area contributed by atoms with Crippen LogP contribution < -0.4 is 10.6 Å². The number of halogens is 1. The van der Waals surface area contributed by atoms with Crippen molar-refractivity contribution >= 4 is 40.8 Å². The number of anilines is 2. The van der Waals surface area contributed by atoms with Crippen LogP contribution in [0.25, 0.3) is 0 Å². The molecule has 2 amide bonds. The Balaban J connectivity index is 1.97. The van der Waals surface area contributed by atoms with Crippen molar-refractivity contribution in [2.24, 2.45) is 0 Å². The highest BCUT2D eigenvalue weighted by molar-refractivity contribution is 6.31. The molecule has 2 aromatic rings. The van der Waals surface area contributed by atoms with E-state index in [1.54, 1.807) is 12.1 Å². The summed E-state index contributed by atoms with van der Waals surface area (Å²) in [5.41, 5.74) is 1.09. The second kappa shape index (κ2) is 8.65. The van der Waals surface area contributed by atoms with Crippen molar-refractivity contribution in [3.63, 3.8) is 0 Å². The Hall–Kier alpha value is -3.37. The summed E-state index contributed by atoms with van der Waals surface area (Å²) >= 11 is 5.84. The number of nitrogens with one attached hydrogen (secondary N) is 2. The van der Waals surface area contributed by atoms with Gasteiger partial charge in [0.05, 0.1) is 16.8 Å². The molecule has 0 saturated heterocycles. The lowest BCUT2D eigenvalue weighted by Gasteiger charge is -2.09. The Kier molecular flexibility index (Phi) is 6.31. The molecule has 0 spiro atoms. The van der Waals surface area contributed by atoms with E-state index < -0.39 is 18.5 Å². The SMILES string of the molecule is CC(=O)Nc1cccc(C(=O)OCC(=O)Nc2cc(Cl)ccc2C#N)c1. The summed E-state index contributed by atoms with van der Waals surface area (Å²) in [7, 11) is 0. The number of benzene rings is 2. The number of amides is 2. The molecule has 0 aliphatic heterocycles. The molecule has 7 nitrogen and oxygen atoms in total. The van der Waals surface area contributed by atoms with Crippen LogP contribution in [0.4, 0.5) is 11.4 Å². The van der Waals surface area contributed by atoms with E-state index in [1.807, 2.05) is 6.07 Å². The van der Waals surface area contributed by atoms with Gasteiger partial charge in [-0.05, 0) is 36.4 Å². The highest BCUT2D eigenvalue weighted by atomic mass is 35.5. The minimum Gasteiger partial charge on any atom is -0.452 e. The molecule has 0 heterocycles. The number of hydrogen-bond donors (Lipinski definition) is 2. The second-order valence-corrected chi connectivity index (χ2v) is 5.62. The Morgan fingerprint density at radius 3 is 2.62 bits per heavy atom. The lowest BCUT2D eigenvalue weighted by Crippen LogP contribution is -2.21. The largest absolute Gasteiger partial charge is 0.452 e. The van der Waals surface area contributed by atoms with Crippen LogP contribution in [0.15, 0.2) is 42.5 Å². The Bertz CT molecular complexity index is 906. The van der Waals surface area contributed by atoms with Gasteiger partial charge in [0, 0.05) is 17.6 Å². The molecule has 0 aromatic heterocycles. The van der Waals surface area contributed by atoms with Gasteiger partial charge in [-0.25, -0.2) is 4.79 Å². The van der Waals surface area contributed by atoms with E-state index in [0.29, 0.717) is 10.7 Å². The first kappa shape index (κ1) is 19.0. The number of rotatable bonds is 5. The summed E-state index contributed by atoms with van der Waals surface area (Å²) in [4.78, 5) is 35.0. The fraction of sp³-hybridized carbons (Fsp3) is 0.111. The van der Waals surface area contributed by atoms with E-state index in [0.717, 1.165) is 0 Å². The normalized spacial score (nSPS) is 9.73. The predicted molar refractivity (Wildman–Crippen MR) is 95.8 cm³/mol. The molecular formula is C18H14ClN3O4. The molecule has 0 radical (unpaired) electrons. The van der Waals surface area contributed by atoms with Crippen molar-refractivity contribution in [1.82, 2.24) is 0 Å². The van der Waals surface area contributed by atoms with Crippen LogP contribution in [-0.4, -0.2) is 24.4 Å². The van der Waals surface area contributed by atoms with Gasteiger partial charge in [-0.2, -0.15) is 5.26 Å². The van der Waals surface area contributed by atoms with Gasteiger partial charge in [0.1, 0.15) is 6.07 Å². The van der Waals surface area contributed by atoms with Gasteiger partial charge in [-0.1, -0.05) is 17.7 Å². The molecule has 2 N–H and O–H groups in total. The zero-order valence-corrected chi connectivity index (χ0v) is 14.5. The van der Waals surface area contributed by atoms with E-state index >= 15 is 0 Å². The highest BCUT2D eigenvalue weighted by Gasteiger charge is 2.13. The van der Waals surface area contributed by atoms with Crippen LogP contribution in [0.1, 0.15) is 22.8 Å². The van der Waals surface area contributed by atoms with Crippen LogP contribution >= 0.6 is 11.6 Å². The average Bonchev–Trinajstić information content (AvgIpc) is 2.59. The van der Waals surface area contributed by atoms with Gasteiger partial charge in [0.15, 0.2) is 6.61 Å². The third-order valence-electron chi connectivity index (χ3n) is 3.13. The highest BCUT2D eigenvalue weighted by Crippen LogP contribution is 2.20. The van der Waals surface area contributed by atoms with Crippen molar-refractivity contribution in [2.75, 3.05) is 17.2 Å². The number of nitriles is 1. The van der Waals surface area contributed by atoms with Crippen LogP contribution in [0.2, 0.25) is 5.02 Å². The molecule has 0 fully saturated rings. The third kappa shape index (κ3) is 5.33. The predicted octanol–water partition coefficient (Wildman–Crippen LogP) is 2.97. The van der Waals surface area contributed by atoms with Gasteiger partial charge in [-0.15, -0.1) is 0 Å². The number of ether oxygens (including phenoxy) is 1. The third-order valence-corrected chi connectivity index (χ3v) is 3.36. The van der Waals surface area contributed by atoms with E-state index in [4.69, 9.17) is 21.6 Å². The first-order valence-electron chi connectivity index (χ1n) is 7.43. The molecule has 2 aromatic carbocycles. The number of nitrogens with zero attached hydrogens (tertiary/aromatic N) is 1. The number of carbonyl (C=O) groups excluding carboxylic acids is 3. The number of carbonyl (C=O) groups is 3. The maximum absolute atomic E-state index is 12.0. The monoisotopic (exact) mass is 371 g/mol. The van der Waals surface area contributed by atoms with Crippen LogP contribution in [0.5, 0.6) is 0 Å². The van der Waals surface area contributed by atoms with E-state index in [1.165, 1.54) is 37.3 Å². The molecular weight excluding hydrogens is 358 g/mol. The van der Waals surface area contributed by atoms with Crippen molar-refractivity contribution in [3.8, 4) is 6.07 Å². The maximum Gasteiger partial charge on any atom is 0.338 e. The van der Waals surface area contributed by atoms with Gasteiger partial charge in [0.2, 0.25) is 5.91 Å². The Morgan fingerprint density at radius 2 is 1.92 bits per heavy atom. The van der Waals surface area contributed by atoms with Crippen molar-refractivity contribution in [1.29, 1.82) is 5.26 Å². The van der Waals surface area contributed by atoms with Gasteiger partial charge in [-0.3, -0.25) is 9.59 Å². The molecule has 0 saturated carbocycles. The number of hydrogen-bond acceptors (Lipinski definition) is 5. The summed E-state index contributed by atoms with van der Waals surface area (Å²) in [5, 5.41) is 14.4. The molecule has 132 valence electrons. The summed E-state index contributed by atoms with van der Waals surface area (Å²) in [6.07, 6.45) is 0. The quantitative estimate of drug-likeness (QED) is 0.785. The Labute approximate surface area is 154 Å². The van der Waals surface area contributed by atoms with Gasteiger partial charge in [0.25, 0.3) is 5.91 Å². The molecule has 26 heavy (non-hydrogen) atoms. The van der Waals surface area contributed by atoms with E-state index in [9.17, 15) is 14.4 Å². The average molecular weight is 372 g/mol. The smallest absolute Gasteiger partial charge is 0.338 e. The molecule has 0 aliphatic rings. The van der Waals surface area contributed by atoms with Crippen molar-refractivity contribution < 1.29 is 19.1 Å². The van der Waals surface area contributed by atoms with E-state index in [2.05, 4.69) is 10.6 Å². The van der Waals surface area contributed by atoms with Gasteiger partial charge >= 0.3 is 5.97 Å².